The molecule has 0 fully saturated rings. The van der Waals surface area contributed by atoms with Crippen molar-refractivity contribution in [3.8, 4) is 5.75 Å². The topological polar surface area (TPSA) is 61.5 Å². The molecule has 1 unspecified atom stereocenters. The van der Waals surface area contributed by atoms with Crippen molar-refractivity contribution in [2.24, 2.45) is 5.73 Å². The zero-order valence-corrected chi connectivity index (χ0v) is 9.94. The molecule has 4 nitrogen and oxygen atoms in total. The van der Waals surface area contributed by atoms with Crippen molar-refractivity contribution >= 4 is 5.97 Å². The van der Waals surface area contributed by atoms with Crippen molar-refractivity contribution in [1.29, 1.82) is 0 Å². The second-order valence-corrected chi connectivity index (χ2v) is 4.06. The van der Waals surface area contributed by atoms with E-state index >= 15 is 0 Å². The van der Waals surface area contributed by atoms with Gasteiger partial charge < -0.3 is 15.2 Å². The van der Waals surface area contributed by atoms with Gasteiger partial charge in [0, 0.05) is 6.42 Å². The van der Waals surface area contributed by atoms with Gasteiger partial charge in [0.1, 0.15) is 11.9 Å². The molecule has 1 aromatic rings. The smallest absolute Gasteiger partial charge is 0.338 e. The van der Waals surface area contributed by atoms with E-state index in [0.29, 0.717) is 18.7 Å². The van der Waals surface area contributed by atoms with Crippen LogP contribution in [0, 0.1) is 0 Å². The maximum absolute atomic E-state index is 11.6. The molecule has 1 aliphatic heterocycles. The first-order chi connectivity index (χ1) is 8.24. The number of hydrogen-bond donors (Lipinski definition) is 1. The van der Waals surface area contributed by atoms with Crippen LogP contribution in [0.4, 0.5) is 0 Å². The number of esters is 1. The number of benzene rings is 1. The third-order valence-corrected chi connectivity index (χ3v) is 2.80. The Balaban J connectivity index is 2.12. The summed E-state index contributed by atoms with van der Waals surface area (Å²) >= 11 is 0. The van der Waals surface area contributed by atoms with E-state index in [0.717, 1.165) is 24.2 Å². The van der Waals surface area contributed by atoms with Crippen LogP contribution in [0.5, 0.6) is 5.75 Å². The average molecular weight is 235 g/mol. The predicted molar refractivity (Wildman–Crippen MR) is 64.2 cm³/mol. The summed E-state index contributed by atoms with van der Waals surface area (Å²) < 4.78 is 10.7. The second-order valence-electron chi connectivity index (χ2n) is 4.06. The van der Waals surface area contributed by atoms with Crippen molar-refractivity contribution < 1.29 is 14.3 Å². The third kappa shape index (κ3) is 2.58. The van der Waals surface area contributed by atoms with Gasteiger partial charge in [0.15, 0.2) is 0 Å². The van der Waals surface area contributed by atoms with E-state index < -0.39 is 0 Å². The molecule has 0 bridgehead atoms. The largest absolute Gasteiger partial charge is 0.490 e. The first kappa shape index (κ1) is 11.9. The lowest BCUT2D eigenvalue weighted by molar-refractivity contribution is 0.0526. The molecular formula is C13H17NO3. The minimum atomic E-state index is -0.280. The highest BCUT2D eigenvalue weighted by Gasteiger charge is 2.23. The fourth-order valence-corrected chi connectivity index (χ4v) is 2.01. The minimum Gasteiger partial charge on any atom is -0.490 e. The molecule has 92 valence electrons. The molecule has 0 amide bonds. The van der Waals surface area contributed by atoms with Gasteiger partial charge in [0.05, 0.1) is 12.2 Å². The molecule has 2 N–H and O–H groups in total. The molecule has 0 aliphatic carbocycles. The molecule has 1 atom stereocenters. The van der Waals surface area contributed by atoms with Gasteiger partial charge in [0.25, 0.3) is 0 Å². The van der Waals surface area contributed by atoms with Gasteiger partial charge >= 0.3 is 5.97 Å². The maximum Gasteiger partial charge on any atom is 0.338 e. The summed E-state index contributed by atoms with van der Waals surface area (Å²) in [5, 5.41) is 0. The van der Waals surface area contributed by atoms with E-state index in [2.05, 4.69) is 0 Å². The first-order valence-electron chi connectivity index (χ1n) is 5.91. The number of hydrogen-bond acceptors (Lipinski definition) is 4. The number of fused-ring (bicyclic) bond motifs is 1. The Morgan fingerprint density at radius 3 is 3.12 bits per heavy atom. The molecule has 1 aliphatic rings. The van der Waals surface area contributed by atoms with E-state index in [1.165, 1.54) is 0 Å². The van der Waals surface area contributed by atoms with Crippen LogP contribution in [-0.2, 0) is 11.2 Å². The van der Waals surface area contributed by atoms with Crippen LogP contribution >= 0.6 is 0 Å². The van der Waals surface area contributed by atoms with E-state index in [9.17, 15) is 4.79 Å². The van der Waals surface area contributed by atoms with Crippen LogP contribution in [0.1, 0.15) is 29.3 Å². The monoisotopic (exact) mass is 235 g/mol. The molecule has 0 spiro atoms. The number of ether oxygens (including phenoxy) is 2. The lowest BCUT2D eigenvalue weighted by atomic mass is 10.1. The lowest BCUT2D eigenvalue weighted by Gasteiger charge is -2.07. The second kappa shape index (κ2) is 5.19. The predicted octanol–water partition coefficient (Wildman–Crippen LogP) is 1.52. The Hall–Kier alpha value is -1.55. The van der Waals surface area contributed by atoms with Crippen LogP contribution < -0.4 is 10.5 Å². The number of carbonyl (C=O) groups is 1. The number of rotatable bonds is 4. The summed E-state index contributed by atoms with van der Waals surface area (Å²) in [5.74, 6) is 0.578. The van der Waals surface area contributed by atoms with Crippen molar-refractivity contribution in [2.75, 3.05) is 13.2 Å². The normalized spacial score (nSPS) is 17.4. The quantitative estimate of drug-likeness (QED) is 0.804. The highest BCUT2D eigenvalue weighted by atomic mass is 16.5. The summed E-state index contributed by atoms with van der Waals surface area (Å²) in [7, 11) is 0. The number of carbonyl (C=O) groups excluding carboxylic acids is 1. The Labute approximate surface area is 101 Å². The summed E-state index contributed by atoms with van der Waals surface area (Å²) in [5.41, 5.74) is 7.16. The van der Waals surface area contributed by atoms with Gasteiger partial charge in [0.2, 0.25) is 0 Å². The molecule has 0 saturated heterocycles. The fraction of sp³-hybridized carbons (Fsp3) is 0.462. The van der Waals surface area contributed by atoms with Crippen LogP contribution in [0.2, 0.25) is 0 Å². The standard InChI is InChI=1S/C13H17NO3/c1-2-16-13(15)9-3-4-12-10(7-9)8-11(17-12)5-6-14/h3-4,7,11H,2,5-6,8,14H2,1H3. The van der Waals surface area contributed by atoms with Crippen molar-refractivity contribution in [3.63, 3.8) is 0 Å². The highest BCUT2D eigenvalue weighted by Crippen LogP contribution is 2.30. The number of nitrogens with two attached hydrogens (primary N) is 1. The van der Waals surface area contributed by atoms with E-state index in [1.54, 1.807) is 13.0 Å². The summed E-state index contributed by atoms with van der Waals surface area (Å²) in [6.45, 7) is 2.80. The lowest BCUT2D eigenvalue weighted by Crippen LogP contribution is -2.17. The molecular weight excluding hydrogens is 218 g/mol. The van der Waals surface area contributed by atoms with E-state index in [4.69, 9.17) is 15.2 Å². The SMILES string of the molecule is CCOC(=O)c1ccc2c(c1)CC(CCN)O2. The Bertz CT molecular complexity index is 417. The van der Waals surface area contributed by atoms with Crippen LogP contribution in [0.3, 0.4) is 0 Å². The van der Waals surface area contributed by atoms with Crippen molar-refractivity contribution in [3.05, 3.63) is 29.3 Å². The Morgan fingerprint density at radius 1 is 1.59 bits per heavy atom. The summed E-state index contributed by atoms with van der Waals surface area (Å²) in [6, 6.07) is 5.42. The van der Waals surface area contributed by atoms with Gasteiger partial charge in [-0.3, -0.25) is 0 Å². The van der Waals surface area contributed by atoms with Gasteiger partial charge in [-0.2, -0.15) is 0 Å². The summed E-state index contributed by atoms with van der Waals surface area (Å²) in [4.78, 5) is 11.6. The van der Waals surface area contributed by atoms with Gasteiger partial charge in [-0.1, -0.05) is 0 Å². The third-order valence-electron chi connectivity index (χ3n) is 2.80. The van der Waals surface area contributed by atoms with Gasteiger partial charge in [-0.05, 0) is 43.7 Å². The maximum atomic E-state index is 11.6. The van der Waals surface area contributed by atoms with Crippen molar-refractivity contribution in [1.82, 2.24) is 0 Å². The molecule has 0 saturated carbocycles. The zero-order chi connectivity index (χ0) is 12.3. The Morgan fingerprint density at radius 2 is 2.41 bits per heavy atom. The molecule has 4 heteroatoms. The van der Waals surface area contributed by atoms with E-state index in [1.807, 2.05) is 12.1 Å². The first-order valence-corrected chi connectivity index (χ1v) is 5.91. The van der Waals surface area contributed by atoms with E-state index in [-0.39, 0.29) is 12.1 Å². The van der Waals surface area contributed by atoms with Crippen molar-refractivity contribution in [2.45, 2.75) is 25.9 Å². The minimum absolute atomic E-state index is 0.146. The molecule has 1 aromatic carbocycles. The molecule has 2 rings (SSSR count). The molecule has 0 aromatic heterocycles. The molecule has 0 radical (unpaired) electrons. The fourth-order valence-electron chi connectivity index (χ4n) is 2.01. The molecule has 1 heterocycles. The van der Waals surface area contributed by atoms with Crippen LogP contribution in [0.25, 0.3) is 0 Å². The highest BCUT2D eigenvalue weighted by molar-refractivity contribution is 5.89. The summed E-state index contributed by atoms with van der Waals surface area (Å²) in [6.07, 6.45) is 1.80. The zero-order valence-electron chi connectivity index (χ0n) is 9.94. The molecule has 17 heavy (non-hydrogen) atoms. The Kier molecular flexibility index (Phi) is 3.64. The van der Waals surface area contributed by atoms with Crippen LogP contribution in [-0.4, -0.2) is 25.2 Å². The van der Waals surface area contributed by atoms with Crippen LogP contribution in [0.15, 0.2) is 18.2 Å². The average Bonchev–Trinajstić information content (AvgIpc) is 2.71. The van der Waals surface area contributed by atoms with Gasteiger partial charge in [-0.15, -0.1) is 0 Å². The van der Waals surface area contributed by atoms with Gasteiger partial charge in [-0.25, -0.2) is 4.79 Å².